The van der Waals surface area contributed by atoms with Gasteiger partial charge >= 0.3 is 11.9 Å². The lowest BCUT2D eigenvalue weighted by Gasteiger charge is -2.08. The van der Waals surface area contributed by atoms with Crippen LogP contribution >= 0.6 is 0 Å². The van der Waals surface area contributed by atoms with Gasteiger partial charge in [-0.15, -0.1) is 5.11 Å². The monoisotopic (exact) mass is 460 g/mol. The number of carbonyl (C=O) groups excluding carboxylic acids is 2. The predicted molar refractivity (Wildman–Crippen MR) is 120 cm³/mol. The number of aromatic hydroxyl groups is 1. The van der Waals surface area contributed by atoms with Crippen molar-refractivity contribution in [1.29, 1.82) is 5.26 Å². The molecule has 0 atom stereocenters. The lowest BCUT2D eigenvalue weighted by Crippen LogP contribution is -2.20. The van der Waals surface area contributed by atoms with E-state index in [1.807, 2.05) is 30.3 Å². The molecule has 0 aliphatic rings. The van der Waals surface area contributed by atoms with E-state index in [1.54, 1.807) is 6.07 Å². The Bertz CT molecular complexity index is 1340. The van der Waals surface area contributed by atoms with E-state index in [-0.39, 0.29) is 29.0 Å². The molecule has 1 heterocycles. The Balaban J connectivity index is 1.61. The quantitative estimate of drug-likeness (QED) is 0.419. The van der Waals surface area contributed by atoms with Gasteiger partial charge in [-0.2, -0.15) is 10.4 Å². The molecule has 0 aliphatic heterocycles. The molecule has 10 nitrogen and oxygen atoms in total. The lowest BCUT2D eigenvalue weighted by atomic mass is 10.1. The second-order valence-corrected chi connectivity index (χ2v) is 7.12. The third kappa shape index (κ3) is 5.52. The van der Waals surface area contributed by atoms with E-state index in [0.717, 1.165) is 10.1 Å². The maximum atomic E-state index is 12.2. The minimum absolute atomic E-state index is 0.0175. The van der Waals surface area contributed by atoms with Crippen LogP contribution in [-0.2, 0) is 27.9 Å². The minimum atomic E-state index is -0.717. The number of esters is 2. The summed E-state index contributed by atoms with van der Waals surface area (Å²) < 4.78 is 10.9. The van der Waals surface area contributed by atoms with Crippen LogP contribution in [0.1, 0.15) is 27.0 Å². The number of benzene rings is 2. The van der Waals surface area contributed by atoms with Gasteiger partial charge in [0.15, 0.2) is 12.3 Å². The summed E-state index contributed by atoms with van der Waals surface area (Å²) in [5.74, 6) is -1.82. The number of pyridine rings is 1. The van der Waals surface area contributed by atoms with Crippen LogP contribution in [0.5, 0.6) is 5.88 Å². The van der Waals surface area contributed by atoms with Gasteiger partial charge in [0.05, 0.1) is 11.3 Å². The van der Waals surface area contributed by atoms with Crippen molar-refractivity contribution in [2.45, 2.75) is 13.5 Å². The van der Waals surface area contributed by atoms with Gasteiger partial charge in [0.25, 0.3) is 5.56 Å². The summed E-state index contributed by atoms with van der Waals surface area (Å²) in [6.07, 6.45) is 0. The molecule has 0 fully saturated rings. The number of carbonyl (C=O) groups is 2. The van der Waals surface area contributed by atoms with E-state index in [2.05, 4.69) is 10.2 Å². The van der Waals surface area contributed by atoms with Crippen LogP contribution in [0, 0.1) is 18.3 Å². The number of nitriles is 1. The molecule has 10 heteroatoms. The zero-order chi connectivity index (χ0) is 24.7. The average Bonchev–Trinajstić information content (AvgIpc) is 2.86. The highest BCUT2D eigenvalue weighted by Gasteiger charge is 2.17. The molecule has 0 aliphatic carbocycles. The van der Waals surface area contributed by atoms with Gasteiger partial charge in [0, 0.05) is 12.6 Å². The SMILES string of the molecule is Cc1c(/N=N/c2ccc(C(=O)OCC(=O)OCc3ccccc3)cc2)c(O)n(C)c(=O)c1C#N. The molecule has 3 aromatic rings. The molecule has 0 radical (unpaired) electrons. The maximum Gasteiger partial charge on any atom is 0.344 e. The van der Waals surface area contributed by atoms with E-state index < -0.39 is 30.0 Å². The summed E-state index contributed by atoms with van der Waals surface area (Å²) in [6, 6.07) is 16.7. The van der Waals surface area contributed by atoms with Gasteiger partial charge in [-0.3, -0.25) is 9.36 Å². The van der Waals surface area contributed by atoms with Crippen molar-refractivity contribution in [2.24, 2.45) is 17.3 Å². The van der Waals surface area contributed by atoms with Crippen LogP contribution in [0.3, 0.4) is 0 Å². The highest BCUT2D eigenvalue weighted by atomic mass is 16.6. The Morgan fingerprint density at radius 1 is 1.06 bits per heavy atom. The van der Waals surface area contributed by atoms with E-state index in [0.29, 0.717) is 5.69 Å². The van der Waals surface area contributed by atoms with Crippen LogP contribution in [0.15, 0.2) is 69.6 Å². The summed E-state index contributed by atoms with van der Waals surface area (Å²) in [4.78, 5) is 35.9. The third-order valence-electron chi connectivity index (χ3n) is 4.82. The zero-order valence-electron chi connectivity index (χ0n) is 18.4. The summed E-state index contributed by atoms with van der Waals surface area (Å²) in [5.41, 5.74) is 0.741. The fourth-order valence-electron chi connectivity index (χ4n) is 2.88. The summed E-state index contributed by atoms with van der Waals surface area (Å²) in [5, 5.41) is 27.3. The van der Waals surface area contributed by atoms with Gasteiger partial charge in [0.2, 0.25) is 5.88 Å². The first kappa shape index (κ1) is 23.9. The number of ether oxygens (including phenoxy) is 2. The van der Waals surface area contributed by atoms with Crippen molar-refractivity contribution in [1.82, 2.24) is 4.57 Å². The molecule has 1 N–H and O–H groups in total. The Labute approximate surface area is 194 Å². The highest BCUT2D eigenvalue weighted by Crippen LogP contribution is 2.31. The Morgan fingerprint density at radius 2 is 1.74 bits per heavy atom. The van der Waals surface area contributed by atoms with Gasteiger partial charge in [-0.05, 0) is 36.8 Å². The molecule has 3 rings (SSSR count). The standard InChI is InChI=1S/C24H20N4O6/c1-15-19(12-25)22(30)28(2)23(31)21(15)27-26-18-10-8-17(9-11-18)24(32)34-14-20(29)33-13-16-6-4-3-5-7-16/h3-11,31H,13-14H2,1-2H3/b27-26+. The first-order valence-electron chi connectivity index (χ1n) is 10.0. The van der Waals surface area contributed by atoms with E-state index in [9.17, 15) is 24.8 Å². The van der Waals surface area contributed by atoms with Gasteiger partial charge in [-0.25, -0.2) is 9.59 Å². The Hall–Kier alpha value is -4.78. The first-order chi connectivity index (χ1) is 16.3. The second kappa shape index (κ2) is 10.7. The maximum absolute atomic E-state index is 12.2. The normalized spacial score (nSPS) is 10.6. The van der Waals surface area contributed by atoms with Crippen molar-refractivity contribution in [3.05, 3.63) is 87.2 Å². The smallest absolute Gasteiger partial charge is 0.344 e. The van der Waals surface area contributed by atoms with E-state index >= 15 is 0 Å². The molecule has 2 aromatic carbocycles. The van der Waals surface area contributed by atoms with E-state index in [1.165, 1.54) is 38.2 Å². The fourth-order valence-corrected chi connectivity index (χ4v) is 2.88. The molecule has 0 spiro atoms. The van der Waals surface area contributed by atoms with E-state index in [4.69, 9.17) is 9.47 Å². The number of azo groups is 1. The molecule has 0 amide bonds. The largest absolute Gasteiger partial charge is 0.493 e. The van der Waals surface area contributed by atoms with Crippen molar-refractivity contribution in [3.63, 3.8) is 0 Å². The van der Waals surface area contributed by atoms with Crippen LogP contribution in [0.2, 0.25) is 0 Å². The van der Waals surface area contributed by atoms with Crippen molar-refractivity contribution in [2.75, 3.05) is 6.61 Å². The Morgan fingerprint density at radius 3 is 2.38 bits per heavy atom. The Kier molecular flexibility index (Phi) is 7.51. The molecule has 172 valence electrons. The number of hydrogen-bond donors (Lipinski definition) is 1. The van der Waals surface area contributed by atoms with Gasteiger partial charge < -0.3 is 14.6 Å². The summed E-state index contributed by atoms with van der Waals surface area (Å²) >= 11 is 0. The second-order valence-electron chi connectivity index (χ2n) is 7.12. The molecule has 0 unspecified atom stereocenters. The number of hydrogen-bond acceptors (Lipinski definition) is 9. The molecular formula is C24H20N4O6. The number of aromatic nitrogens is 1. The van der Waals surface area contributed by atoms with Crippen LogP contribution in [-0.4, -0.2) is 28.2 Å². The number of nitrogens with zero attached hydrogens (tertiary/aromatic N) is 4. The molecule has 0 bridgehead atoms. The third-order valence-corrected chi connectivity index (χ3v) is 4.82. The van der Waals surface area contributed by atoms with Crippen molar-refractivity contribution >= 4 is 23.3 Å². The van der Waals surface area contributed by atoms with Gasteiger partial charge in [0.1, 0.15) is 18.2 Å². The molecule has 1 aromatic heterocycles. The molecule has 0 saturated carbocycles. The van der Waals surface area contributed by atoms with Crippen molar-refractivity contribution < 1.29 is 24.2 Å². The summed E-state index contributed by atoms with van der Waals surface area (Å²) in [7, 11) is 1.31. The van der Waals surface area contributed by atoms with Crippen LogP contribution in [0.25, 0.3) is 0 Å². The zero-order valence-corrected chi connectivity index (χ0v) is 18.4. The first-order valence-corrected chi connectivity index (χ1v) is 10.0. The topological polar surface area (TPSA) is 143 Å². The number of rotatable bonds is 7. The summed E-state index contributed by atoms with van der Waals surface area (Å²) in [6.45, 7) is 1.04. The average molecular weight is 460 g/mol. The molecular weight excluding hydrogens is 440 g/mol. The van der Waals surface area contributed by atoms with Crippen molar-refractivity contribution in [3.8, 4) is 11.9 Å². The predicted octanol–water partition coefficient (Wildman–Crippen LogP) is 3.59. The highest BCUT2D eigenvalue weighted by molar-refractivity contribution is 5.91. The molecule has 34 heavy (non-hydrogen) atoms. The lowest BCUT2D eigenvalue weighted by molar-refractivity contribution is -0.148. The van der Waals surface area contributed by atoms with Crippen LogP contribution in [0.4, 0.5) is 11.4 Å². The van der Waals surface area contributed by atoms with Gasteiger partial charge in [-0.1, -0.05) is 30.3 Å². The van der Waals surface area contributed by atoms with Crippen LogP contribution < -0.4 is 5.56 Å². The molecule has 0 saturated heterocycles. The minimum Gasteiger partial charge on any atom is -0.493 e. The fraction of sp³-hybridized carbons (Fsp3) is 0.167.